The highest BCUT2D eigenvalue weighted by molar-refractivity contribution is 5.66. The molecular formula is C13H26N2O2. The lowest BCUT2D eigenvalue weighted by molar-refractivity contribution is -0.137. The molecule has 0 aromatic carbocycles. The molecule has 17 heavy (non-hydrogen) atoms. The third-order valence-electron chi connectivity index (χ3n) is 3.54. The largest absolute Gasteiger partial charge is 0.481 e. The molecule has 100 valence electrons. The maximum atomic E-state index is 10.7. The van der Waals surface area contributed by atoms with Crippen molar-refractivity contribution in [2.24, 2.45) is 0 Å². The van der Waals surface area contributed by atoms with Gasteiger partial charge in [0.1, 0.15) is 0 Å². The maximum Gasteiger partial charge on any atom is 0.304 e. The summed E-state index contributed by atoms with van der Waals surface area (Å²) in [6.45, 7) is 2.70. The fourth-order valence-electron chi connectivity index (χ4n) is 2.49. The third-order valence-corrected chi connectivity index (χ3v) is 3.54. The van der Waals surface area contributed by atoms with Gasteiger partial charge >= 0.3 is 5.97 Å². The van der Waals surface area contributed by atoms with E-state index in [1.165, 1.54) is 32.1 Å². The highest BCUT2D eigenvalue weighted by Crippen LogP contribution is 2.22. The van der Waals surface area contributed by atoms with Gasteiger partial charge < -0.3 is 10.0 Å². The molecule has 4 heteroatoms. The molecule has 1 aliphatic rings. The van der Waals surface area contributed by atoms with Crippen molar-refractivity contribution in [1.82, 2.24) is 9.80 Å². The fraction of sp³-hybridized carbons (Fsp3) is 0.923. The molecular weight excluding hydrogens is 216 g/mol. The van der Waals surface area contributed by atoms with Gasteiger partial charge in [-0.3, -0.25) is 9.69 Å². The normalized spacial score (nSPS) is 17.9. The second kappa shape index (κ2) is 7.67. The second-order valence-corrected chi connectivity index (χ2v) is 5.27. The van der Waals surface area contributed by atoms with Crippen molar-refractivity contribution in [2.75, 3.05) is 33.7 Å². The predicted molar refractivity (Wildman–Crippen MR) is 69.3 cm³/mol. The van der Waals surface area contributed by atoms with E-state index in [2.05, 4.69) is 23.9 Å². The van der Waals surface area contributed by atoms with E-state index in [0.29, 0.717) is 12.6 Å². The second-order valence-electron chi connectivity index (χ2n) is 5.27. The Labute approximate surface area is 105 Å². The first kappa shape index (κ1) is 14.5. The molecule has 0 saturated heterocycles. The Morgan fingerprint density at radius 2 is 1.76 bits per heavy atom. The van der Waals surface area contributed by atoms with Crippen LogP contribution >= 0.6 is 0 Å². The number of carboxylic acid groups (broad SMARTS) is 1. The quantitative estimate of drug-likeness (QED) is 0.737. The van der Waals surface area contributed by atoms with Crippen LogP contribution in [0, 0.1) is 0 Å². The van der Waals surface area contributed by atoms with Crippen LogP contribution in [0.2, 0.25) is 0 Å². The Morgan fingerprint density at radius 1 is 1.12 bits per heavy atom. The van der Waals surface area contributed by atoms with Crippen molar-refractivity contribution in [3.63, 3.8) is 0 Å². The number of hydrogen-bond donors (Lipinski definition) is 1. The zero-order valence-electron chi connectivity index (χ0n) is 11.2. The standard InChI is InChI=1S/C13H26N2O2/c1-14(2)10-11-15(9-8-13(16)17)12-6-4-3-5-7-12/h12H,3-11H2,1-2H3,(H,16,17). The highest BCUT2D eigenvalue weighted by Gasteiger charge is 2.21. The number of carbonyl (C=O) groups is 1. The monoisotopic (exact) mass is 242 g/mol. The Hall–Kier alpha value is -0.610. The molecule has 0 aromatic rings. The number of aliphatic carboxylic acids is 1. The van der Waals surface area contributed by atoms with Crippen LogP contribution < -0.4 is 0 Å². The van der Waals surface area contributed by atoms with Crippen LogP contribution in [-0.2, 0) is 4.79 Å². The van der Waals surface area contributed by atoms with Crippen molar-refractivity contribution >= 4 is 5.97 Å². The minimum Gasteiger partial charge on any atom is -0.481 e. The molecule has 4 nitrogen and oxygen atoms in total. The minimum absolute atomic E-state index is 0.268. The van der Waals surface area contributed by atoms with Crippen molar-refractivity contribution in [1.29, 1.82) is 0 Å². The Balaban J connectivity index is 2.41. The molecule has 1 N–H and O–H groups in total. The highest BCUT2D eigenvalue weighted by atomic mass is 16.4. The summed E-state index contributed by atoms with van der Waals surface area (Å²) in [5.74, 6) is -0.685. The Morgan fingerprint density at radius 3 is 2.29 bits per heavy atom. The molecule has 0 amide bonds. The maximum absolute atomic E-state index is 10.7. The third kappa shape index (κ3) is 6.03. The van der Waals surface area contributed by atoms with Gasteiger partial charge in [-0.15, -0.1) is 0 Å². The summed E-state index contributed by atoms with van der Waals surface area (Å²) in [4.78, 5) is 15.2. The van der Waals surface area contributed by atoms with Gasteiger partial charge in [-0.05, 0) is 26.9 Å². The average molecular weight is 242 g/mol. The minimum atomic E-state index is -0.685. The van der Waals surface area contributed by atoms with Crippen molar-refractivity contribution in [3.8, 4) is 0 Å². The first-order valence-corrected chi connectivity index (χ1v) is 6.70. The molecule has 1 fully saturated rings. The van der Waals surface area contributed by atoms with Gasteiger partial charge in [0.2, 0.25) is 0 Å². The number of likely N-dealkylation sites (N-methyl/N-ethyl adjacent to an activating group) is 1. The molecule has 1 rings (SSSR count). The first-order valence-electron chi connectivity index (χ1n) is 6.70. The van der Waals surface area contributed by atoms with E-state index in [1.54, 1.807) is 0 Å². The van der Waals surface area contributed by atoms with E-state index in [-0.39, 0.29) is 6.42 Å². The smallest absolute Gasteiger partial charge is 0.304 e. The van der Waals surface area contributed by atoms with Crippen molar-refractivity contribution in [2.45, 2.75) is 44.6 Å². The van der Waals surface area contributed by atoms with Crippen LogP contribution in [-0.4, -0.2) is 60.6 Å². The van der Waals surface area contributed by atoms with E-state index in [0.717, 1.165) is 13.1 Å². The fourth-order valence-corrected chi connectivity index (χ4v) is 2.49. The summed E-state index contributed by atoms with van der Waals surface area (Å²) in [6.07, 6.45) is 6.70. The Bertz CT molecular complexity index is 225. The summed E-state index contributed by atoms with van der Waals surface area (Å²) in [7, 11) is 4.13. The van der Waals surface area contributed by atoms with Gasteiger partial charge in [0.25, 0.3) is 0 Å². The summed E-state index contributed by atoms with van der Waals surface area (Å²) < 4.78 is 0. The summed E-state index contributed by atoms with van der Waals surface area (Å²) in [6, 6.07) is 0.614. The number of carboxylic acids is 1. The van der Waals surface area contributed by atoms with Crippen LogP contribution in [0.5, 0.6) is 0 Å². The zero-order chi connectivity index (χ0) is 12.7. The van der Waals surface area contributed by atoms with E-state index < -0.39 is 5.97 Å². The number of rotatable bonds is 7. The van der Waals surface area contributed by atoms with Gasteiger partial charge in [0, 0.05) is 25.7 Å². The molecule has 0 spiro atoms. The topological polar surface area (TPSA) is 43.8 Å². The van der Waals surface area contributed by atoms with Crippen molar-refractivity contribution in [3.05, 3.63) is 0 Å². The lowest BCUT2D eigenvalue weighted by atomic mass is 9.94. The van der Waals surface area contributed by atoms with Crippen LogP contribution in [0.3, 0.4) is 0 Å². The molecule has 0 aromatic heterocycles. The van der Waals surface area contributed by atoms with Gasteiger partial charge in [0.05, 0.1) is 6.42 Å². The SMILES string of the molecule is CN(C)CCN(CCC(=O)O)C1CCCCC1. The van der Waals surface area contributed by atoms with E-state index >= 15 is 0 Å². The molecule has 0 radical (unpaired) electrons. The summed E-state index contributed by atoms with van der Waals surface area (Å²) in [5, 5.41) is 8.80. The van der Waals surface area contributed by atoms with Crippen LogP contribution in [0.4, 0.5) is 0 Å². The van der Waals surface area contributed by atoms with Gasteiger partial charge in [-0.25, -0.2) is 0 Å². The van der Waals surface area contributed by atoms with E-state index in [9.17, 15) is 4.79 Å². The van der Waals surface area contributed by atoms with Gasteiger partial charge in [0.15, 0.2) is 0 Å². The van der Waals surface area contributed by atoms with Crippen molar-refractivity contribution < 1.29 is 9.90 Å². The molecule has 0 bridgehead atoms. The lowest BCUT2D eigenvalue weighted by Gasteiger charge is -2.34. The molecule has 0 aliphatic heterocycles. The lowest BCUT2D eigenvalue weighted by Crippen LogP contribution is -2.41. The number of nitrogens with zero attached hydrogens (tertiary/aromatic N) is 2. The van der Waals surface area contributed by atoms with Crippen LogP contribution in [0.1, 0.15) is 38.5 Å². The van der Waals surface area contributed by atoms with Crippen LogP contribution in [0.15, 0.2) is 0 Å². The predicted octanol–water partition coefficient (Wildman–Crippen LogP) is 1.66. The first-order chi connectivity index (χ1) is 8.09. The number of hydrogen-bond acceptors (Lipinski definition) is 3. The molecule has 0 heterocycles. The van der Waals surface area contributed by atoms with Crippen LogP contribution in [0.25, 0.3) is 0 Å². The summed E-state index contributed by atoms with van der Waals surface area (Å²) in [5.41, 5.74) is 0. The Kier molecular flexibility index (Phi) is 6.52. The van der Waals surface area contributed by atoms with E-state index in [1.807, 2.05) is 0 Å². The zero-order valence-corrected chi connectivity index (χ0v) is 11.2. The molecule has 0 atom stereocenters. The average Bonchev–Trinajstić information content (AvgIpc) is 2.29. The van der Waals surface area contributed by atoms with Gasteiger partial charge in [-0.2, -0.15) is 0 Å². The van der Waals surface area contributed by atoms with E-state index in [4.69, 9.17) is 5.11 Å². The van der Waals surface area contributed by atoms with Gasteiger partial charge in [-0.1, -0.05) is 19.3 Å². The molecule has 1 aliphatic carbocycles. The molecule has 0 unspecified atom stereocenters. The molecule has 1 saturated carbocycles. The summed E-state index contributed by atoms with van der Waals surface area (Å²) >= 11 is 0.